The summed E-state index contributed by atoms with van der Waals surface area (Å²) >= 11 is 0. The number of rotatable bonds is 5. The number of carbonyl (C=O) groups is 1. The first kappa shape index (κ1) is 14.8. The minimum atomic E-state index is -0.944. The summed E-state index contributed by atoms with van der Waals surface area (Å²) in [6, 6.07) is 7.87. The lowest BCUT2D eigenvalue weighted by molar-refractivity contribution is -0.137. The number of ether oxygens (including phenoxy) is 1. The van der Waals surface area contributed by atoms with Crippen LogP contribution in [0.4, 0.5) is 0 Å². The van der Waals surface area contributed by atoms with Gasteiger partial charge >= 0.3 is 5.97 Å². The summed E-state index contributed by atoms with van der Waals surface area (Å²) in [5.74, 6) is 0.433. The highest BCUT2D eigenvalue weighted by molar-refractivity contribution is 5.78. The average molecular weight is 327 g/mol. The largest absolute Gasteiger partial charge is 0.480 e. The van der Waals surface area contributed by atoms with Gasteiger partial charge in [-0.2, -0.15) is 10.2 Å². The molecule has 1 aliphatic rings. The van der Waals surface area contributed by atoms with Crippen LogP contribution in [0.1, 0.15) is 24.0 Å². The summed E-state index contributed by atoms with van der Waals surface area (Å²) in [5.41, 5.74) is 0.980. The molecule has 3 heterocycles. The molecule has 0 aliphatic carbocycles. The van der Waals surface area contributed by atoms with Crippen molar-refractivity contribution in [3.05, 3.63) is 42.1 Å². The molecule has 1 fully saturated rings. The van der Waals surface area contributed by atoms with E-state index in [4.69, 9.17) is 9.84 Å². The molecule has 2 aromatic heterocycles. The van der Waals surface area contributed by atoms with Gasteiger partial charge in [-0.15, -0.1) is 0 Å². The summed E-state index contributed by atoms with van der Waals surface area (Å²) < 4.78 is 8.65. The normalized spacial score (nSPS) is 17.6. The smallest absolute Gasteiger partial charge is 0.325 e. The molecule has 0 saturated carbocycles. The molecule has 1 aliphatic heterocycles. The minimum Gasteiger partial charge on any atom is -0.480 e. The lowest BCUT2D eigenvalue weighted by atomic mass is 10.1. The first-order chi connectivity index (χ1) is 11.7. The van der Waals surface area contributed by atoms with E-state index in [-0.39, 0.29) is 12.5 Å². The van der Waals surface area contributed by atoms with Crippen molar-refractivity contribution in [3.8, 4) is 0 Å². The number of aliphatic carboxylic acids is 1. The molecule has 1 saturated heterocycles. The Balaban J connectivity index is 1.68. The number of para-hydroxylation sites is 1. The summed E-state index contributed by atoms with van der Waals surface area (Å²) in [5, 5.41) is 18.9. The molecule has 8 heteroatoms. The molecular formula is C16H17N5O3. The third-order valence-corrected chi connectivity index (χ3v) is 4.19. The molecule has 1 unspecified atom stereocenters. The first-order valence-electron chi connectivity index (χ1n) is 7.84. The fraction of sp³-hybridized carbons (Fsp3) is 0.375. The van der Waals surface area contributed by atoms with Crippen LogP contribution in [0.5, 0.6) is 0 Å². The Labute approximate surface area is 137 Å². The van der Waals surface area contributed by atoms with E-state index < -0.39 is 5.97 Å². The van der Waals surface area contributed by atoms with Crippen LogP contribution in [-0.4, -0.2) is 48.8 Å². The highest BCUT2D eigenvalue weighted by Gasteiger charge is 2.24. The van der Waals surface area contributed by atoms with Gasteiger partial charge in [-0.05, 0) is 12.5 Å². The van der Waals surface area contributed by atoms with Crippen molar-refractivity contribution in [1.29, 1.82) is 0 Å². The van der Waals surface area contributed by atoms with Crippen molar-refractivity contribution in [2.45, 2.75) is 25.4 Å². The maximum Gasteiger partial charge on any atom is 0.325 e. The third-order valence-electron chi connectivity index (χ3n) is 4.19. The number of fused-ring (bicyclic) bond motifs is 1. The van der Waals surface area contributed by atoms with Crippen molar-refractivity contribution in [3.63, 3.8) is 0 Å². The Morgan fingerprint density at radius 2 is 2.21 bits per heavy atom. The predicted molar refractivity (Wildman–Crippen MR) is 84.7 cm³/mol. The van der Waals surface area contributed by atoms with Crippen molar-refractivity contribution in [1.82, 2.24) is 24.5 Å². The second-order valence-corrected chi connectivity index (χ2v) is 5.86. The van der Waals surface area contributed by atoms with Crippen molar-refractivity contribution in [2.75, 3.05) is 13.2 Å². The van der Waals surface area contributed by atoms with Crippen molar-refractivity contribution >= 4 is 16.9 Å². The average Bonchev–Trinajstić information content (AvgIpc) is 3.28. The Morgan fingerprint density at radius 1 is 1.33 bits per heavy atom. The van der Waals surface area contributed by atoms with Crippen molar-refractivity contribution < 1.29 is 14.6 Å². The number of hydrogen-bond acceptors (Lipinski definition) is 5. The van der Waals surface area contributed by atoms with E-state index in [9.17, 15) is 4.79 Å². The van der Waals surface area contributed by atoms with Crippen LogP contribution in [0.2, 0.25) is 0 Å². The zero-order valence-electron chi connectivity index (χ0n) is 13.0. The molecule has 0 bridgehead atoms. The number of carboxylic acid groups (broad SMARTS) is 1. The summed E-state index contributed by atoms with van der Waals surface area (Å²) in [7, 11) is 0. The Hall–Kier alpha value is -2.74. The summed E-state index contributed by atoms with van der Waals surface area (Å²) in [6.07, 6.45) is 2.65. The number of nitrogens with zero attached hydrogens (tertiary/aromatic N) is 5. The topological polar surface area (TPSA) is 95.1 Å². The zero-order valence-corrected chi connectivity index (χ0v) is 13.0. The van der Waals surface area contributed by atoms with Gasteiger partial charge in [0.2, 0.25) is 0 Å². The molecule has 124 valence electrons. The monoisotopic (exact) mass is 327 g/mol. The first-order valence-corrected chi connectivity index (χ1v) is 7.84. The van der Waals surface area contributed by atoms with Gasteiger partial charge in [-0.1, -0.05) is 18.2 Å². The third kappa shape index (κ3) is 2.76. The quantitative estimate of drug-likeness (QED) is 0.758. The van der Waals surface area contributed by atoms with E-state index in [2.05, 4.69) is 15.2 Å². The lowest BCUT2D eigenvalue weighted by Gasteiger charge is -2.04. The van der Waals surface area contributed by atoms with Gasteiger partial charge in [-0.25, -0.2) is 9.67 Å². The molecule has 0 radical (unpaired) electrons. The molecular weight excluding hydrogens is 310 g/mol. The van der Waals surface area contributed by atoms with Gasteiger partial charge in [0.25, 0.3) is 0 Å². The molecule has 0 spiro atoms. The Morgan fingerprint density at radius 3 is 3.00 bits per heavy atom. The van der Waals surface area contributed by atoms with Gasteiger partial charge in [0.1, 0.15) is 18.9 Å². The number of hydrogen-bond donors (Lipinski definition) is 1. The predicted octanol–water partition coefficient (Wildman–Crippen LogP) is 1.26. The Kier molecular flexibility index (Phi) is 3.73. The highest BCUT2D eigenvalue weighted by atomic mass is 16.5. The molecule has 1 N–H and O–H groups in total. The number of benzene rings is 1. The van der Waals surface area contributed by atoms with Gasteiger partial charge in [-0.3, -0.25) is 9.48 Å². The van der Waals surface area contributed by atoms with Gasteiger partial charge in [0, 0.05) is 17.9 Å². The second-order valence-electron chi connectivity index (χ2n) is 5.86. The van der Waals surface area contributed by atoms with E-state index in [1.165, 1.54) is 4.68 Å². The van der Waals surface area contributed by atoms with Crippen LogP contribution in [-0.2, 0) is 22.6 Å². The number of carboxylic acids is 1. The molecule has 3 aromatic rings. The van der Waals surface area contributed by atoms with Crippen LogP contribution in [0.25, 0.3) is 10.9 Å². The fourth-order valence-electron chi connectivity index (χ4n) is 2.96. The minimum absolute atomic E-state index is 0.133. The molecule has 1 atom stereocenters. The summed E-state index contributed by atoms with van der Waals surface area (Å²) in [6.45, 7) is 1.44. The fourth-order valence-corrected chi connectivity index (χ4v) is 2.96. The zero-order chi connectivity index (χ0) is 16.5. The van der Waals surface area contributed by atoms with Gasteiger partial charge in [0.15, 0.2) is 5.82 Å². The molecule has 1 aromatic carbocycles. The van der Waals surface area contributed by atoms with E-state index >= 15 is 0 Å². The van der Waals surface area contributed by atoms with Crippen LogP contribution >= 0.6 is 0 Å². The maximum atomic E-state index is 11.1. The van der Waals surface area contributed by atoms with E-state index in [1.54, 1.807) is 6.20 Å². The SMILES string of the molecule is O=C(O)Cn1nc(C2CCOC2)nc1Cn1ncc2ccccc21. The van der Waals surface area contributed by atoms with E-state index in [0.29, 0.717) is 31.4 Å². The summed E-state index contributed by atoms with van der Waals surface area (Å²) in [4.78, 5) is 15.7. The molecule has 0 amide bonds. The van der Waals surface area contributed by atoms with E-state index in [1.807, 2.05) is 28.9 Å². The van der Waals surface area contributed by atoms with Crippen LogP contribution < -0.4 is 0 Å². The molecule has 24 heavy (non-hydrogen) atoms. The van der Waals surface area contributed by atoms with Crippen LogP contribution in [0.3, 0.4) is 0 Å². The van der Waals surface area contributed by atoms with Crippen molar-refractivity contribution in [2.24, 2.45) is 0 Å². The van der Waals surface area contributed by atoms with Crippen LogP contribution in [0, 0.1) is 0 Å². The second kappa shape index (κ2) is 6.04. The van der Waals surface area contributed by atoms with Gasteiger partial charge < -0.3 is 9.84 Å². The maximum absolute atomic E-state index is 11.1. The highest BCUT2D eigenvalue weighted by Crippen LogP contribution is 2.23. The number of aromatic nitrogens is 5. The van der Waals surface area contributed by atoms with Gasteiger partial charge in [0.05, 0.1) is 18.3 Å². The standard InChI is InChI=1S/C16H17N5O3/c22-15(23)9-21-14(18-16(19-21)12-5-6-24-10-12)8-20-13-4-2-1-3-11(13)7-17-20/h1-4,7,12H,5-6,8-10H2,(H,22,23). The Bertz CT molecular complexity index is 879. The van der Waals surface area contributed by atoms with E-state index in [0.717, 1.165) is 17.3 Å². The van der Waals surface area contributed by atoms with Crippen LogP contribution in [0.15, 0.2) is 30.5 Å². The molecule has 8 nitrogen and oxygen atoms in total. The molecule has 4 rings (SSSR count). The lowest BCUT2D eigenvalue weighted by Crippen LogP contribution is -2.16.